The average Bonchev–Trinajstić information content (AvgIpc) is 3.43. The topological polar surface area (TPSA) is 0 Å². The van der Waals surface area contributed by atoms with E-state index in [2.05, 4.69) is 88.9 Å². The minimum absolute atomic E-state index is 1.37. The van der Waals surface area contributed by atoms with E-state index in [1.165, 1.54) is 19.5 Å². The molecule has 0 fully saturated rings. The van der Waals surface area contributed by atoms with Crippen LogP contribution in [-0.2, 0) is 0 Å². The Kier molecular flexibility index (Phi) is 7.98. The molecule has 0 saturated carbocycles. The van der Waals surface area contributed by atoms with Gasteiger partial charge in [0.05, 0.1) is 0 Å². The number of hydrogen-bond donors (Lipinski definition) is 0. The summed E-state index contributed by atoms with van der Waals surface area (Å²) in [5.74, 6) is 0. The van der Waals surface area contributed by atoms with Crippen LogP contribution in [0, 0.1) is 0 Å². The molecule has 4 heterocycles. The van der Waals surface area contributed by atoms with Crippen LogP contribution in [0.15, 0.2) is 59.3 Å². The molecule has 0 aliphatic carbocycles. The Morgan fingerprint density at radius 2 is 0.893 bits per heavy atom. The minimum Gasteiger partial charge on any atom is -0.143 e. The van der Waals surface area contributed by atoms with Crippen LogP contribution in [0.3, 0.4) is 0 Å². The Hall–Kier alpha value is 0.397. The standard InChI is InChI=1S/C8H6S2.C8H4S2.6CH3.2Sn/c2*1-3-7(9-5-1)8-4-2-6-10-8;;;;;;;;/h1-6H;1-4H;6*1H3;;. The SMILES string of the molecule is [CH3][Sn]([CH3])([CH3])[c]1ccc(-c2cc[c]([Sn]([CH3])([CH3])[CH3])s2)s1.c1csc(-c2cccs2)c1. The first-order chi connectivity index (χ1) is 13.1. The molecule has 0 unspecified atom stereocenters. The molecule has 0 nitrogen and oxygen atoms in total. The Bertz CT molecular complexity index is 896. The summed E-state index contributed by atoms with van der Waals surface area (Å²) in [5.41, 5.74) is 0. The van der Waals surface area contributed by atoms with E-state index in [0.29, 0.717) is 0 Å². The molecule has 0 amide bonds. The van der Waals surface area contributed by atoms with Crippen molar-refractivity contribution >= 4 is 87.9 Å². The van der Waals surface area contributed by atoms with Gasteiger partial charge in [0.1, 0.15) is 0 Å². The second-order valence-electron chi connectivity index (χ2n) is 8.78. The van der Waals surface area contributed by atoms with Crippen LogP contribution < -0.4 is 5.79 Å². The van der Waals surface area contributed by atoms with Gasteiger partial charge in [0.2, 0.25) is 0 Å². The van der Waals surface area contributed by atoms with E-state index in [-0.39, 0.29) is 0 Å². The summed E-state index contributed by atoms with van der Waals surface area (Å²) in [6.07, 6.45) is 0. The van der Waals surface area contributed by atoms with Gasteiger partial charge in [-0.25, -0.2) is 0 Å². The molecule has 148 valence electrons. The molecule has 0 N–H and O–H groups in total. The van der Waals surface area contributed by atoms with Gasteiger partial charge in [-0.3, -0.25) is 0 Å². The molecule has 0 aliphatic rings. The molecule has 0 atom stereocenters. The van der Waals surface area contributed by atoms with Crippen LogP contribution >= 0.6 is 45.3 Å². The molecule has 0 aliphatic heterocycles. The maximum Gasteiger partial charge on any atom is 0.0442 e. The first-order valence-electron chi connectivity index (χ1n) is 9.43. The summed E-state index contributed by atoms with van der Waals surface area (Å²) in [4.78, 5) is 20.7. The summed E-state index contributed by atoms with van der Waals surface area (Å²) in [7, 11) is 0. The van der Waals surface area contributed by atoms with E-state index in [9.17, 15) is 0 Å². The summed E-state index contributed by atoms with van der Waals surface area (Å²) in [6, 6.07) is 17.9. The molecule has 0 saturated heterocycles. The van der Waals surface area contributed by atoms with Crippen LogP contribution in [-0.4, -0.2) is 36.8 Å². The molecule has 4 aromatic heterocycles. The van der Waals surface area contributed by atoms with Gasteiger partial charge in [-0.15, -0.1) is 22.7 Å². The van der Waals surface area contributed by atoms with Crippen molar-refractivity contribution in [2.75, 3.05) is 0 Å². The van der Waals surface area contributed by atoms with Gasteiger partial charge in [-0.2, -0.15) is 0 Å². The van der Waals surface area contributed by atoms with Gasteiger partial charge in [0, 0.05) is 9.75 Å². The van der Waals surface area contributed by atoms with Crippen molar-refractivity contribution in [2.24, 2.45) is 0 Å². The molecule has 0 bridgehead atoms. The van der Waals surface area contributed by atoms with Crippen LogP contribution in [0.25, 0.3) is 19.5 Å². The molecule has 4 aromatic rings. The fraction of sp³-hybridized carbons (Fsp3) is 0.273. The third kappa shape index (κ3) is 6.20. The molecule has 0 aromatic carbocycles. The van der Waals surface area contributed by atoms with Crippen molar-refractivity contribution < 1.29 is 0 Å². The second-order valence-corrected chi connectivity index (χ2v) is 43.7. The van der Waals surface area contributed by atoms with Gasteiger partial charge in [0.25, 0.3) is 0 Å². The van der Waals surface area contributed by atoms with E-state index in [1.807, 2.05) is 22.7 Å². The Labute approximate surface area is 194 Å². The number of thiophene rings is 4. The van der Waals surface area contributed by atoms with Gasteiger partial charge in [0.15, 0.2) is 0 Å². The summed E-state index contributed by atoms with van der Waals surface area (Å²) in [5, 5.41) is 4.21. The van der Waals surface area contributed by atoms with Gasteiger partial charge < -0.3 is 0 Å². The largest absolute Gasteiger partial charge is 0.143 e. The average molecular weight is 658 g/mol. The quantitative estimate of drug-likeness (QED) is 0.195. The summed E-state index contributed by atoms with van der Waals surface area (Å²) >= 11 is 3.95. The van der Waals surface area contributed by atoms with E-state index in [4.69, 9.17) is 0 Å². The van der Waals surface area contributed by atoms with Gasteiger partial charge in [-0.1, -0.05) is 12.1 Å². The smallest absolute Gasteiger partial charge is 0.0442 e. The van der Waals surface area contributed by atoms with E-state index in [1.54, 1.807) is 28.5 Å². The monoisotopic (exact) mass is 660 g/mol. The van der Waals surface area contributed by atoms with Crippen molar-refractivity contribution in [1.29, 1.82) is 0 Å². The Morgan fingerprint density at radius 1 is 0.500 bits per heavy atom. The van der Waals surface area contributed by atoms with Crippen molar-refractivity contribution in [3.8, 4) is 19.5 Å². The Morgan fingerprint density at radius 3 is 1.14 bits per heavy atom. The summed E-state index contributed by atoms with van der Waals surface area (Å²) in [6.45, 7) is 0. The zero-order valence-electron chi connectivity index (χ0n) is 17.4. The van der Waals surface area contributed by atoms with Crippen molar-refractivity contribution in [1.82, 2.24) is 0 Å². The molecular weight excluding hydrogens is 630 g/mol. The maximum atomic E-state index is 2.50. The predicted octanol–water partition coefficient (Wildman–Crippen LogP) is 8.04. The van der Waals surface area contributed by atoms with Crippen LogP contribution in [0.4, 0.5) is 0 Å². The van der Waals surface area contributed by atoms with Gasteiger partial charge >= 0.3 is 129 Å². The van der Waals surface area contributed by atoms with Crippen LogP contribution in [0.1, 0.15) is 0 Å². The van der Waals surface area contributed by atoms with E-state index >= 15 is 0 Å². The summed E-state index contributed by atoms with van der Waals surface area (Å²) < 4.78 is 3.38. The third-order valence-corrected chi connectivity index (χ3v) is 27.5. The zero-order chi connectivity index (χ0) is 20.4. The molecule has 28 heavy (non-hydrogen) atoms. The molecular formula is C22H28S4Sn2. The first-order valence-corrected chi connectivity index (χ1v) is 32.8. The van der Waals surface area contributed by atoms with Crippen LogP contribution in [0.5, 0.6) is 0 Å². The molecule has 4 rings (SSSR count). The van der Waals surface area contributed by atoms with Crippen molar-refractivity contribution in [3.63, 3.8) is 0 Å². The fourth-order valence-electron chi connectivity index (χ4n) is 2.58. The second kappa shape index (κ2) is 9.69. The van der Waals surface area contributed by atoms with E-state index in [0.717, 1.165) is 0 Å². The Balaban J connectivity index is 0.000000188. The fourth-order valence-corrected chi connectivity index (χ4v) is 16.8. The van der Waals surface area contributed by atoms with Crippen molar-refractivity contribution in [3.05, 3.63) is 59.3 Å². The molecule has 0 radical (unpaired) electrons. The van der Waals surface area contributed by atoms with E-state index < -0.39 is 36.8 Å². The minimum atomic E-state index is -1.86. The van der Waals surface area contributed by atoms with Crippen LogP contribution in [0.2, 0.25) is 29.6 Å². The molecule has 0 spiro atoms. The number of hydrogen-bond acceptors (Lipinski definition) is 4. The first kappa shape index (κ1) is 23.1. The van der Waals surface area contributed by atoms with Gasteiger partial charge in [-0.05, 0) is 22.9 Å². The normalized spacial score (nSPS) is 11.9. The zero-order valence-corrected chi connectivity index (χ0v) is 26.4. The van der Waals surface area contributed by atoms with Crippen molar-refractivity contribution in [2.45, 2.75) is 29.6 Å². The third-order valence-electron chi connectivity index (χ3n) is 4.22. The maximum absolute atomic E-state index is 2.50. The number of rotatable bonds is 4. The predicted molar refractivity (Wildman–Crippen MR) is 141 cm³/mol. The molecule has 6 heteroatoms.